The molecule has 0 aliphatic heterocycles. The summed E-state index contributed by atoms with van der Waals surface area (Å²) < 4.78 is 2.42. The van der Waals surface area contributed by atoms with E-state index >= 15 is 0 Å². The molecule has 0 radical (unpaired) electrons. The Morgan fingerprint density at radius 2 is 1.90 bits per heavy atom. The first-order valence-corrected chi connectivity index (χ1v) is 7.12. The van der Waals surface area contributed by atoms with Gasteiger partial charge in [0.05, 0.1) is 6.04 Å². The van der Waals surface area contributed by atoms with Crippen molar-refractivity contribution in [1.82, 2.24) is 14.8 Å². The van der Waals surface area contributed by atoms with E-state index in [0.29, 0.717) is 10.6 Å². The molecule has 3 rings (SSSR count). The van der Waals surface area contributed by atoms with Gasteiger partial charge >= 0.3 is 0 Å². The van der Waals surface area contributed by atoms with Crippen LogP contribution in [-0.4, -0.2) is 14.8 Å². The molecule has 0 saturated heterocycles. The first-order chi connectivity index (χ1) is 10.2. The number of nitrogens with two attached hydrogens (primary N) is 1. The normalized spacial score (nSPS) is 12.3. The highest BCUT2D eigenvalue weighted by Crippen LogP contribution is 2.21. The number of aromatic nitrogens is 3. The van der Waals surface area contributed by atoms with Crippen LogP contribution >= 0.6 is 12.2 Å². The van der Waals surface area contributed by atoms with Gasteiger partial charge in [0.15, 0.2) is 10.6 Å². The molecule has 0 bridgehead atoms. The molecule has 106 valence electrons. The number of aryl methyl sites for hydroxylation is 1. The van der Waals surface area contributed by atoms with Gasteiger partial charge in [-0.1, -0.05) is 48.0 Å². The summed E-state index contributed by atoms with van der Waals surface area (Å²) in [4.78, 5) is 0. The smallest absolute Gasteiger partial charge is 0.199 e. The molecule has 1 atom stereocenters. The molecular formula is C16H16N4S. The minimum atomic E-state index is -0.335. The molecule has 0 fully saturated rings. The van der Waals surface area contributed by atoms with E-state index in [1.165, 1.54) is 5.56 Å². The monoisotopic (exact) mass is 296 g/mol. The second-order valence-corrected chi connectivity index (χ2v) is 5.34. The van der Waals surface area contributed by atoms with Crippen molar-refractivity contribution < 1.29 is 0 Å². The fourth-order valence-corrected chi connectivity index (χ4v) is 2.60. The average molecular weight is 296 g/mol. The van der Waals surface area contributed by atoms with Gasteiger partial charge in [0, 0.05) is 5.69 Å². The van der Waals surface area contributed by atoms with E-state index in [2.05, 4.69) is 16.3 Å². The van der Waals surface area contributed by atoms with Crippen LogP contribution in [0.1, 0.15) is 23.0 Å². The summed E-state index contributed by atoms with van der Waals surface area (Å²) in [5.74, 6) is 0.705. The summed E-state index contributed by atoms with van der Waals surface area (Å²) in [6.07, 6.45) is 0. The van der Waals surface area contributed by atoms with Gasteiger partial charge in [-0.15, -0.1) is 0 Å². The Bertz CT molecular complexity index is 804. The van der Waals surface area contributed by atoms with Crippen LogP contribution < -0.4 is 5.73 Å². The van der Waals surface area contributed by atoms with E-state index < -0.39 is 0 Å². The molecule has 0 aliphatic rings. The Morgan fingerprint density at radius 1 is 1.14 bits per heavy atom. The molecule has 3 N–H and O–H groups in total. The lowest BCUT2D eigenvalue weighted by Gasteiger charge is -2.14. The van der Waals surface area contributed by atoms with Crippen molar-refractivity contribution in [2.45, 2.75) is 13.0 Å². The third-order valence-electron chi connectivity index (χ3n) is 3.39. The van der Waals surface area contributed by atoms with Gasteiger partial charge in [-0.25, -0.2) is 0 Å². The molecule has 0 aliphatic carbocycles. The molecule has 4 nitrogen and oxygen atoms in total. The van der Waals surface area contributed by atoms with Gasteiger partial charge in [0.2, 0.25) is 0 Å². The Balaban J connectivity index is 2.10. The van der Waals surface area contributed by atoms with E-state index in [9.17, 15) is 0 Å². The molecule has 21 heavy (non-hydrogen) atoms. The highest BCUT2D eigenvalue weighted by atomic mass is 32.1. The molecule has 2 aromatic carbocycles. The predicted molar refractivity (Wildman–Crippen MR) is 86.0 cm³/mol. The van der Waals surface area contributed by atoms with E-state index in [-0.39, 0.29) is 6.04 Å². The number of H-pyrrole nitrogens is 1. The van der Waals surface area contributed by atoms with Crippen LogP contribution in [0.2, 0.25) is 0 Å². The minimum absolute atomic E-state index is 0.335. The van der Waals surface area contributed by atoms with Gasteiger partial charge < -0.3 is 5.73 Å². The Labute approximate surface area is 128 Å². The van der Waals surface area contributed by atoms with Crippen molar-refractivity contribution in [3.63, 3.8) is 0 Å². The number of nitrogens with one attached hydrogen (secondary N) is 1. The summed E-state index contributed by atoms with van der Waals surface area (Å²) in [6.45, 7) is 2.05. The van der Waals surface area contributed by atoms with Crippen molar-refractivity contribution in [3.05, 3.63) is 76.3 Å². The molecule has 3 aromatic rings. The molecular weight excluding hydrogens is 280 g/mol. The fourth-order valence-electron chi connectivity index (χ4n) is 2.36. The number of hydrogen-bond donors (Lipinski definition) is 2. The van der Waals surface area contributed by atoms with E-state index in [4.69, 9.17) is 18.0 Å². The Hall–Kier alpha value is -2.24. The van der Waals surface area contributed by atoms with Crippen molar-refractivity contribution in [3.8, 4) is 5.69 Å². The van der Waals surface area contributed by atoms with Gasteiger partial charge in [-0.3, -0.25) is 9.67 Å². The molecule has 5 heteroatoms. The van der Waals surface area contributed by atoms with Crippen molar-refractivity contribution in [2.24, 2.45) is 5.73 Å². The summed E-state index contributed by atoms with van der Waals surface area (Å²) in [5, 5.41) is 7.16. The molecule has 1 heterocycles. The first-order valence-electron chi connectivity index (χ1n) is 6.71. The lowest BCUT2D eigenvalue weighted by molar-refractivity contribution is 0.750. The topological polar surface area (TPSA) is 59.6 Å². The summed E-state index contributed by atoms with van der Waals surface area (Å²) in [5.41, 5.74) is 9.52. The molecule has 0 spiro atoms. The SMILES string of the molecule is Cc1cccc(C(N)c2n[nH]c(=S)n2-c2ccccc2)c1. The number of aromatic amines is 1. The van der Waals surface area contributed by atoms with Crippen LogP contribution in [0.25, 0.3) is 5.69 Å². The molecule has 1 aromatic heterocycles. The lowest BCUT2D eigenvalue weighted by Crippen LogP contribution is -2.17. The van der Waals surface area contributed by atoms with Crippen molar-refractivity contribution in [2.75, 3.05) is 0 Å². The third-order valence-corrected chi connectivity index (χ3v) is 3.67. The zero-order valence-electron chi connectivity index (χ0n) is 11.7. The second-order valence-electron chi connectivity index (χ2n) is 4.95. The van der Waals surface area contributed by atoms with Gasteiger partial charge in [-0.05, 0) is 36.8 Å². The minimum Gasteiger partial charge on any atom is -0.318 e. The van der Waals surface area contributed by atoms with Crippen LogP contribution in [0, 0.1) is 11.7 Å². The summed E-state index contributed by atoms with van der Waals surface area (Å²) >= 11 is 5.34. The quantitative estimate of drug-likeness (QED) is 0.729. The maximum atomic E-state index is 6.39. The van der Waals surface area contributed by atoms with E-state index in [1.807, 2.05) is 60.0 Å². The Morgan fingerprint density at radius 3 is 2.62 bits per heavy atom. The van der Waals surface area contributed by atoms with Crippen LogP contribution in [0.4, 0.5) is 0 Å². The largest absolute Gasteiger partial charge is 0.318 e. The summed E-state index contributed by atoms with van der Waals surface area (Å²) in [7, 11) is 0. The summed E-state index contributed by atoms with van der Waals surface area (Å²) in [6, 6.07) is 17.6. The number of nitrogens with zero attached hydrogens (tertiary/aromatic N) is 2. The maximum Gasteiger partial charge on any atom is 0.199 e. The van der Waals surface area contributed by atoms with Gasteiger partial charge in [0.1, 0.15) is 0 Å². The van der Waals surface area contributed by atoms with E-state index in [1.54, 1.807) is 0 Å². The van der Waals surface area contributed by atoms with Gasteiger partial charge in [-0.2, -0.15) is 5.10 Å². The Kier molecular flexibility index (Phi) is 3.68. The average Bonchev–Trinajstić information content (AvgIpc) is 2.89. The highest BCUT2D eigenvalue weighted by molar-refractivity contribution is 7.71. The highest BCUT2D eigenvalue weighted by Gasteiger charge is 2.17. The van der Waals surface area contributed by atoms with Crippen LogP contribution in [0.15, 0.2) is 54.6 Å². The van der Waals surface area contributed by atoms with Crippen molar-refractivity contribution >= 4 is 12.2 Å². The standard InChI is InChI=1S/C16H16N4S/c1-11-6-5-7-12(10-11)14(17)15-18-19-16(21)20(15)13-8-3-2-4-9-13/h2-10,14H,17H2,1H3,(H,19,21). The lowest BCUT2D eigenvalue weighted by atomic mass is 10.0. The second kappa shape index (κ2) is 5.63. The number of hydrogen-bond acceptors (Lipinski definition) is 3. The number of para-hydroxylation sites is 1. The third kappa shape index (κ3) is 2.66. The first kappa shape index (κ1) is 13.7. The van der Waals surface area contributed by atoms with Crippen LogP contribution in [0.3, 0.4) is 0 Å². The zero-order valence-corrected chi connectivity index (χ0v) is 12.5. The van der Waals surface area contributed by atoms with Gasteiger partial charge in [0.25, 0.3) is 0 Å². The van der Waals surface area contributed by atoms with Crippen molar-refractivity contribution in [1.29, 1.82) is 0 Å². The van der Waals surface area contributed by atoms with Crippen LogP contribution in [0.5, 0.6) is 0 Å². The van der Waals surface area contributed by atoms with E-state index in [0.717, 1.165) is 11.3 Å². The maximum absolute atomic E-state index is 6.39. The molecule has 0 saturated carbocycles. The molecule has 1 unspecified atom stereocenters. The molecule has 0 amide bonds. The predicted octanol–water partition coefficient (Wildman–Crippen LogP) is 3.29. The number of benzene rings is 2. The number of rotatable bonds is 3. The fraction of sp³-hybridized carbons (Fsp3) is 0.125. The zero-order chi connectivity index (χ0) is 14.8. The van der Waals surface area contributed by atoms with Crippen LogP contribution in [-0.2, 0) is 0 Å².